The van der Waals surface area contributed by atoms with Gasteiger partial charge >= 0.3 is 6.03 Å². The maximum Gasteiger partial charge on any atom is 0.319 e. The van der Waals surface area contributed by atoms with Crippen molar-refractivity contribution in [1.29, 1.82) is 0 Å². The van der Waals surface area contributed by atoms with Crippen molar-refractivity contribution in [3.05, 3.63) is 5.56 Å². The van der Waals surface area contributed by atoms with Gasteiger partial charge in [-0.1, -0.05) is 33.1 Å². The predicted molar refractivity (Wildman–Crippen MR) is 88.2 cm³/mol. The summed E-state index contributed by atoms with van der Waals surface area (Å²) >= 11 is 2.51. The van der Waals surface area contributed by atoms with Crippen molar-refractivity contribution in [2.24, 2.45) is 5.73 Å². The zero-order valence-electron chi connectivity index (χ0n) is 12.4. The van der Waals surface area contributed by atoms with Crippen LogP contribution in [0, 0.1) is 0 Å². The van der Waals surface area contributed by atoms with Crippen molar-refractivity contribution in [3.63, 3.8) is 0 Å². The van der Waals surface area contributed by atoms with Crippen LogP contribution in [0.2, 0.25) is 0 Å². The number of thioether (sulfide) groups is 1. The van der Waals surface area contributed by atoms with E-state index >= 15 is 0 Å². The molecule has 21 heavy (non-hydrogen) atoms. The molecular formula is C13H22N4O2S2. The summed E-state index contributed by atoms with van der Waals surface area (Å²) in [7, 11) is 0. The fourth-order valence-electron chi connectivity index (χ4n) is 1.71. The van der Waals surface area contributed by atoms with E-state index in [1.54, 1.807) is 0 Å². The molecule has 0 atom stereocenters. The molecule has 3 amide bonds. The number of carbonyl (C=O) groups excluding carboxylic acids is 2. The minimum absolute atomic E-state index is 0.299. The number of hydrogen-bond acceptors (Lipinski definition) is 5. The summed E-state index contributed by atoms with van der Waals surface area (Å²) in [6.07, 6.45) is 4.37. The third-order valence-corrected chi connectivity index (χ3v) is 4.47. The third-order valence-electron chi connectivity index (χ3n) is 2.73. The van der Waals surface area contributed by atoms with Crippen LogP contribution in [0.4, 0.5) is 9.80 Å². The number of hydrogen-bond donors (Lipinski definition) is 3. The molecule has 0 aliphatic heterocycles. The fraction of sp³-hybridized carbons (Fsp3) is 0.615. The van der Waals surface area contributed by atoms with Crippen LogP contribution in [0.25, 0.3) is 0 Å². The average Bonchev–Trinajstić information content (AvgIpc) is 2.81. The first-order valence-corrected chi connectivity index (χ1v) is 8.83. The standard InChI is InChI=1S/C13H22N4O2S2/c1-3-5-6-7-8-15-13(19)16-11-9(10(14)18)12(17-21-11)20-4-2/h3-8H2,1-2H3,(H2,14,18)(H2,15,16,19). The van der Waals surface area contributed by atoms with E-state index in [2.05, 4.69) is 21.9 Å². The van der Waals surface area contributed by atoms with E-state index in [1.807, 2.05) is 6.92 Å². The molecule has 6 nitrogen and oxygen atoms in total. The van der Waals surface area contributed by atoms with Gasteiger partial charge in [-0.05, 0) is 23.7 Å². The number of nitrogens with zero attached hydrogens (tertiary/aromatic N) is 1. The van der Waals surface area contributed by atoms with E-state index in [9.17, 15) is 9.59 Å². The molecule has 118 valence electrons. The van der Waals surface area contributed by atoms with Crippen molar-refractivity contribution < 1.29 is 9.59 Å². The number of urea groups is 1. The number of aromatic nitrogens is 1. The smallest absolute Gasteiger partial charge is 0.319 e. The second kappa shape index (κ2) is 9.62. The molecule has 0 aliphatic rings. The lowest BCUT2D eigenvalue weighted by Crippen LogP contribution is -2.30. The molecule has 0 radical (unpaired) electrons. The minimum atomic E-state index is -0.571. The Morgan fingerprint density at radius 1 is 1.29 bits per heavy atom. The van der Waals surface area contributed by atoms with Crippen LogP contribution in [-0.2, 0) is 0 Å². The number of unbranched alkanes of at least 4 members (excludes halogenated alkanes) is 3. The summed E-state index contributed by atoms with van der Waals surface area (Å²) in [5.74, 6) is 0.213. The molecule has 0 aliphatic carbocycles. The highest BCUT2D eigenvalue weighted by atomic mass is 32.2. The largest absolute Gasteiger partial charge is 0.365 e. The number of carbonyl (C=O) groups is 2. The Kier molecular flexibility index (Phi) is 8.14. The number of amides is 3. The average molecular weight is 330 g/mol. The van der Waals surface area contributed by atoms with Gasteiger partial charge in [0.05, 0.1) is 0 Å². The zero-order valence-corrected chi connectivity index (χ0v) is 14.0. The SMILES string of the molecule is CCCCCCNC(=O)Nc1snc(SCC)c1C(N)=O. The highest BCUT2D eigenvalue weighted by molar-refractivity contribution is 7.99. The summed E-state index contributed by atoms with van der Waals surface area (Å²) in [6, 6.07) is -0.328. The van der Waals surface area contributed by atoms with E-state index in [1.165, 1.54) is 18.2 Å². The van der Waals surface area contributed by atoms with Crippen molar-refractivity contribution in [3.8, 4) is 0 Å². The minimum Gasteiger partial charge on any atom is -0.365 e. The highest BCUT2D eigenvalue weighted by Gasteiger charge is 2.20. The van der Waals surface area contributed by atoms with Gasteiger partial charge in [-0.25, -0.2) is 4.79 Å². The summed E-state index contributed by atoms with van der Waals surface area (Å²) in [5.41, 5.74) is 5.66. The van der Waals surface area contributed by atoms with Crippen LogP contribution in [0.15, 0.2) is 5.03 Å². The Bertz CT molecular complexity index is 477. The van der Waals surface area contributed by atoms with Crippen molar-refractivity contribution in [1.82, 2.24) is 9.69 Å². The van der Waals surface area contributed by atoms with Gasteiger partial charge in [0, 0.05) is 6.54 Å². The van der Waals surface area contributed by atoms with Crippen molar-refractivity contribution in [2.75, 3.05) is 17.6 Å². The first-order valence-electron chi connectivity index (χ1n) is 7.07. The van der Waals surface area contributed by atoms with E-state index in [4.69, 9.17) is 5.73 Å². The fourth-order valence-corrected chi connectivity index (χ4v) is 3.41. The van der Waals surface area contributed by atoms with Crippen LogP contribution >= 0.6 is 23.3 Å². The normalized spacial score (nSPS) is 10.4. The van der Waals surface area contributed by atoms with E-state index in [-0.39, 0.29) is 6.03 Å². The Hall–Kier alpha value is -1.28. The highest BCUT2D eigenvalue weighted by Crippen LogP contribution is 2.31. The van der Waals surface area contributed by atoms with Crippen LogP contribution in [0.3, 0.4) is 0 Å². The molecule has 0 fully saturated rings. The number of nitrogens with two attached hydrogens (primary N) is 1. The maximum absolute atomic E-state index is 11.8. The summed E-state index contributed by atoms with van der Waals surface area (Å²) in [6.45, 7) is 4.72. The van der Waals surface area contributed by atoms with Gasteiger partial charge < -0.3 is 11.1 Å². The van der Waals surface area contributed by atoms with Gasteiger partial charge in [0.1, 0.15) is 15.6 Å². The molecule has 0 saturated heterocycles. The first kappa shape index (κ1) is 17.8. The Labute approximate surface area is 133 Å². The van der Waals surface area contributed by atoms with Gasteiger partial charge in [0.2, 0.25) is 0 Å². The lowest BCUT2D eigenvalue weighted by atomic mass is 10.2. The lowest BCUT2D eigenvalue weighted by Gasteiger charge is -2.06. The van der Waals surface area contributed by atoms with Gasteiger partial charge in [-0.3, -0.25) is 10.1 Å². The predicted octanol–water partition coefficient (Wildman–Crippen LogP) is 3.06. The lowest BCUT2D eigenvalue weighted by molar-refractivity contribution is 0.0998. The summed E-state index contributed by atoms with van der Waals surface area (Å²) < 4.78 is 4.16. The molecule has 0 spiro atoms. The Morgan fingerprint density at radius 3 is 2.67 bits per heavy atom. The molecule has 0 unspecified atom stereocenters. The van der Waals surface area contributed by atoms with E-state index in [0.717, 1.165) is 36.5 Å². The summed E-state index contributed by atoms with van der Waals surface area (Å²) in [4.78, 5) is 23.3. The number of rotatable bonds is 9. The number of nitrogens with one attached hydrogen (secondary N) is 2. The molecule has 8 heteroatoms. The second-order valence-electron chi connectivity index (χ2n) is 4.43. The third kappa shape index (κ3) is 5.92. The maximum atomic E-state index is 11.8. The van der Waals surface area contributed by atoms with Crippen LogP contribution < -0.4 is 16.4 Å². The zero-order chi connectivity index (χ0) is 15.7. The van der Waals surface area contributed by atoms with Gasteiger partial charge in [0.25, 0.3) is 5.91 Å². The van der Waals surface area contributed by atoms with Crippen LogP contribution in [-0.4, -0.2) is 28.6 Å². The first-order chi connectivity index (χ1) is 10.1. The van der Waals surface area contributed by atoms with Gasteiger partial charge in [-0.2, -0.15) is 4.37 Å². The van der Waals surface area contributed by atoms with Gasteiger partial charge in [0.15, 0.2) is 0 Å². The van der Waals surface area contributed by atoms with Crippen molar-refractivity contribution >= 4 is 40.2 Å². The van der Waals surface area contributed by atoms with Crippen molar-refractivity contribution in [2.45, 2.75) is 44.6 Å². The van der Waals surface area contributed by atoms with E-state index < -0.39 is 5.91 Å². The molecule has 0 aromatic carbocycles. The molecule has 0 saturated carbocycles. The summed E-state index contributed by atoms with van der Waals surface area (Å²) in [5, 5.41) is 6.40. The molecule has 0 bridgehead atoms. The molecule has 1 rings (SSSR count). The van der Waals surface area contributed by atoms with E-state index in [0.29, 0.717) is 22.1 Å². The quantitative estimate of drug-likeness (QED) is 0.479. The molecule has 1 heterocycles. The Balaban J connectivity index is 2.53. The number of primary amides is 1. The van der Waals surface area contributed by atoms with Crippen LogP contribution in [0.5, 0.6) is 0 Å². The van der Waals surface area contributed by atoms with Gasteiger partial charge in [-0.15, -0.1) is 11.8 Å². The topological polar surface area (TPSA) is 97.1 Å². The number of anilines is 1. The monoisotopic (exact) mass is 330 g/mol. The molecule has 1 aromatic rings. The molecule has 1 aromatic heterocycles. The Morgan fingerprint density at radius 2 is 2.05 bits per heavy atom. The second-order valence-corrected chi connectivity index (χ2v) is 6.46. The molecular weight excluding hydrogens is 308 g/mol. The molecule has 4 N–H and O–H groups in total. The van der Waals surface area contributed by atoms with Crippen LogP contribution in [0.1, 0.15) is 49.9 Å².